The second-order valence-corrected chi connectivity index (χ2v) is 7.21. The quantitative estimate of drug-likeness (QED) is 0.464. The number of nitrogens with two attached hydrogens (primary N) is 1. The van der Waals surface area contributed by atoms with Gasteiger partial charge in [0, 0.05) is 36.3 Å². The molecule has 0 aliphatic heterocycles. The van der Waals surface area contributed by atoms with Crippen molar-refractivity contribution in [3.05, 3.63) is 66.3 Å². The van der Waals surface area contributed by atoms with Gasteiger partial charge in [0.05, 0.1) is 35.4 Å². The van der Waals surface area contributed by atoms with Crippen LogP contribution in [0.4, 0.5) is 5.69 Å². The van der Waals surface area contributed by atoms with E-state index in [9.17, 15) is 0 Å². The molecule has 158 valence electrons. The molecule has 0 amide bonds. The Morgan fingerprint density at radius 2 is 2.00 bits per heavy atom. The van der Waals surface area contributed by atoms with Crippen LogP contribution in [-0.4, -0.2) is 32.5 Å². The Hall–Kier alpha value is -3.87. The van der Waals surface area contributed by atoms with Crippen LogP contribution in [0.5, 0.6) is 5.75 Å². The molecule has 0 bridgehead atoms. The molecule has 0 unspecified atom stereocenters. The van der Waals surface area contributed by atoms with Crippen molar-refractivity contribution in [1.82, 2.24) is 19.2 Å². The molecule has 0 saturated carbocycles. The molecular formula is C24H26N6O. The number of ether oxygens (including phenoxy) is 1. The number of allylic oxidation sites excluding steroid dienone is 1. The SMILES string of the molecule is CCn1cccc1-c1cc(C)nc2c(-c3ccc(N=CC=CN)cc3OC)c(C)nn12. The number of methoxy groups -OCH3 is 1. The molecule has 3 heterocycles. The average Bonchev–Trinajstić information content (AvgIpc) is 3.37. The van der Waals surface area contributed by atoms with Gasteiger partial charge in [0.25, 0.3) is 0 Å². The number of fused-ring (bicyclic) bond motifs is 1. The van der Waals surface area contributed by atoms with Crippen LogP contribution >= 0.6 is 0 Å². The van der Waals surface area contributed by atoms with E-state index in [1.165, 1.54) is 6.20 Å². The first-order valence-corrected chi connectivity index (χ1v) is 10.2. The largest absolute Gasteiger partial charge is 0.496 e. The van der Waals surface area contributed by atoms with Crippen molar-refractivity contribution in [2.75, 3.05) is 7.11 Å². The van der Waals surface area contributed by atoms with Gasteiger partial charge >= 0.3 is 0 Å². The van der Waals surface area contributed by atoms with Gasteiger partial charge in [-0.05, 0) is 63.4 Å². The molecule has 4 aromatic rings. The van der Waals surface area contributed by atoms with Crippen molar-refractivity contribution in [2.45, 2.75) is 27.3 Å². The zero-order chi connectivity index (χ0) is 22.0. The fourth-order valence-corrected chi connectivity index (χ4v) is 3.81. The average molecular weight is 415 g/mol. The minimum absolute atomic E-state index is 0.714. The number of rotatable bonds is 6. The molecule has 0 radical (unpaired) electrons. The zero-order valence-corrected chi connectivity index (χ0v) is 18.2. The first kappa shape index (κ1) is 20.4. The van der Waals surface area contributed by atoms with E-state index in [1.54, 1.807) is 19.4 Å². The molecule has 0 spiro atoms. The van der Waals surface area contributed by atoms with Crippen LogP contribution in [0.15, 0.2) is 59.9 Å². The summed E-state index contributed by atoms with van der Waals surface area (Å²) in [7, 11) is 1.66. The van der Waals surface area contributed by atoms with E-state index in [-0.39, 0.29) is 0 Å². The van der Waals surface area contributed by atoms with E-state index in [1.807, 2.05) is 36.6 Å². The van der Waals surface area contributed by atoms with E-state index in [2.05, 4.69) is 40.9 Å². The molecule has 0 atom stereocenters. The Bertz CT molecular complexity index is 1300. The minimum atomic E-state index is 0.714. The van der Waals surface area contributed by atoms with Gasteiger partial charge in [0.2, 0.25) is 0 Å². The maximum atomic E-state index is 5.70. The van der Waals surface area contributed by atoms with Crippen molar-refractivity contribution in [3.63, 3.8) is 0 Å². The highest BCUT2D eigenvalue weighted by Gasteiger charge is 2.20. The molecular weight excluding hydrogens is 388 g/mol. The summed E-state index contributed by atoms with van der Waals surface area (Å²) in [4.78, 5) is 9.22. The Kier molecular flexibility index (Phi) is 5.58. The van der Waals surface area contributed by atoms with E-state index in [4.69, 9.17) is 20.6 Å². The van der Waals surface area contributed by atoms with Crippen LogP contribution < -0.4 is 10.5 Å². The molecule has 4 rings (SSSR count). The number of hydrogen-bond donors (Lipinski definition) is 1. The highest BCUT2D eigenvalue weighted by atomic mass is 16.5. The summed E-state index contributed by atoms with van der Waals surface area (Å²) in [6, 6.07) is 12.1. The predicted molar refractivity (Wildman–Crippen MR) is 125 cm³/mol. The first-order chi connectivity index (χ1) is 15.1. The number of aromatic nitrogens is 4. The summed E-state index contributed by atoms with van der Waals surface area (Å²) in [6.45, 7) is 7.02. The number of aryl methyl sites for hydroxylation is 3. The van der Waals surface area contributed by atoms with Crippen molar-refractivity contribution in [2.24, 2.45) is 10.7 Å². The van der Waals surface area contributed by atoms with Crippen molar-refractivity contribution < 1.29 is 4.74 Å². The zero-order valence-electron chi connectivity index (χ0n) is 18.2. The second kappa shape index (κ2) is 8.47. The molecule has 0 saturated heterocycles. The summed E-state index contributed by atoms with van der Waals surface area (Å²) < 4.78 is 9.83. The summed E-state index contributed by atoms with van der Waals surface area (Å²) in [5.74, 6) is 0.714. The Labute approximate surface area is 181 Å². The van der Waals surface area contributed by atoms with E-state index < -0.39 is 0 Å². The van der Waals surface area contributed by atoms with Gasteiger partial charge in [-0.15, -0.1) is 0 Å². The standard InChI is InChI=1S/C24H26N6O/c1-5-29-13-6-8-20(29)21-14-16(2)27-24-23(17(3)28-30(21)24)19-10-9-18(15-22(19)31-4)26-12-7-11-25/h6-15H,5,25H2,1-4H3. The van der Waals surface area contributed by atoms with Crippen LogP contribution in [0.25, 0.3) is 28.2 Å². The van der Waals surface area contributed by atoms with Crippen LogP contribution in [0.1, 0.15) is 18.3 Å². The van der Waals surface area contributed by atoms with E-state index in [0.717, 1.165) is 51.8 Å². The monoisotopic (exact) mass is 414 g/mol. The first-order valence-electron chi connectivity index (χ1n) is 10.2. The molecule has 0 aliphatic carbocycles. The number of hydrogen-bond acceptors (Lipinski definition) is 5. The molecule has 1 aromatic carbocycles. The minimum Gasteiger partial charge on any atom is -0.496 e. The maximum absolute atomic E-state index is 5.70. The van der Waals surface area contributed by atoms with Gasteiger partial charge in [-0.1, -0.05) is 0 Å². The topological polar surface area (TPSA) is 82.7 Å². The molecule has 3 aromatic heterocycles. The predicted octanol–water partition coefficient (Wildman–Crippen LogP) is 4.68. The fraction of sp³-hybridized carbons (Fsp3) is 0.208. The molecule has 31 heavy (non-hydrogen) atoms. The molecule has 7 nitrogen and oxygen atoms in total. The lowest BCUT2D eigenvalue weighted by Crippen LogP contribution is -2.03. The number of benzene rings is 1. The third-order valence-electron chi connectivity index (χ3n) is 5.20. The normalized spacial score (nSPS) is 11.9. The van der Waals surface area contributed by atoms with E-state index in [0.29, 0.717) is 5.75 Å². The number of nitrogens with zero attached hydrogens (tertiary/aromatic N) is 5. The molecule has 0 fully saturated rings. The van der Waals surface area contributed by atoms with Gasteiger partial charge in [0.1, 0.15) is 5.75 Å². The summed E-state index contributed by atoms with van der Waals surface area (Å²) >= 11 is 0. The lowest BCUT2D eigenvalue weighted by molar-refractivity contribution is 0.416. The third kappa shape index (κ3) is 3.70. The Morgan fingerprint density at radius 3 is 2.74 bits per heavy atom. The van der Waals surface area contributed by atoms with Crippen LogP contribution in [0.3, 0.4) is 0 Å². The lowest BCUT2D eigenvalue weighted by atomic mass is 10.0. The lowest BCUT2D eigenvalue weighted by Gasteiger charge is -2.11. The summed E-state index contributed by atoms with van der Waals surface area (Å²) in [5, 5.41) is 4.85. The Balaban J connectivity index is 1.93. The van der Waals surface area contributed by atoms with Crippen molar-refractivity contribution in [3.8, 4) is 28.3 Å². The molecule has 2 N–H and O–H groups in total. The number of aliphatic imine (C=N–C) groups is 1. The highest BCUT2D eigenvalue weighted by Crippen LogP contribution is 2.38. The van der Waals surface area contributed by atoms with Gasteiger partial charge in [-0.3, -0.25) is 4.99 Å². The van der Waals surface area contributed by atoms with Crippen molar-refractivity contribution >= 4 is 17.5 Å². The van der Waals surface area contributed by atoms with Gasteiger partial charge in [-0.25, -0.2) is 9.50 Å². The smallest absolute Gasteiger partial charge is 0.164 e. The summed E-state index contributed by atoms with van der Waals surface area (Å²) in [5.41, 5.74) is 12.8. The summed E-state index contributed by atoms with van der Waals surface area (Å²) in [6.07, 6.45) is 6.85. The van der Waals surface area contributed by atoms with Gasteiger partial charge in [0.15, 0.2) is 5.65 Å². The van der Waals surface area contributed by atoms with Gasteiger partial charge in [-0.2, -0.15) is 5.10 Å². The van der Waals surface area contributed by atoms with E-state index >= 15 is 0 Å². The fourth-order valence-electron chi connectivity index (χ4n) is 3.81. The van der Waals surface area contributed by atoms with Crippen LogP contribution in [0, 0.1) is 13.8 Å². The van der Waals surface area contributed by atoms with Crippen LogP contribution in [-0.2, 0) is 6.54 Å². The van der Waals surface area contributed by atoms with Crippen LogP contribution in [0.2, 0.25) is 0 Å². The Morgan fingerprint density at radius 1 is 1.16 bits per heavy atom. The van der Waals surface area contributed by atoms with Crippen molar-refractivity contribution in [1.29, 1.82) is 0 Å². The third-order valence-corrected chi connectivity index (χ3v) is 5.20. The van der Waals surface area contributed by atoms with Gasteiger partial charge < -0.3 is 15.0 Å². The molecule has 7 heteroatoms. The molecule has 0 aliphatic rings. The maximum Gasteiger partial charge on any atom is 0.164 e. The second-order valence-electron chi connectivity index (χ2n) is 7.21. The highest BCUT2D eigenvalue weighted by molar-refractivity contribution is 5.86.